The number of aryl methyl sites for hydroxylation is 2. The molecule has 1 aromatic carbocycles. The van der Waals surface area contributed by atoms with E-state index in [2.05, 4.69) is 51.8 Å². The maximum Gasteiger partial charge on any atom is 0.136 e. The van der Waals surface area contributed by atoms with E-state index in [1.54, 1.807) is 7.11 Å². The van der Waals surface area contributed by atoms with Crippen LogP contribution in [0.15, 0.2) is 30.3 Å². The van der Waals surface area contributed by atoms with E-state index < -0.39 is 0 Å². The first-order chi connectivity index (χ1) is 10.7. The van der Waals surface area contributed by atoms with Gasteiger partial charge < -0.3 is 15.4 Å². The Balaban J connectivity index is 2.01. The quantitative estimate of drug-likeness (QED) is 0.730. The third-order valence-corrected chi connectivity index (χ3v) is 3.30. The Morgan fingerprint density at radius 2 is 1.82 bits per heavy atom. The van der Waals surface area contributed by atoms with Crippen LogP contribution in [0.1, 0.15) is 24.7 Å². The van der Waals surface area contributed by atoms with Crippen LogP contribution in [0, 0.1) is 6.92 Å². The van der Waals surface area contributed by atoms with E-state index >= 15 is 0 Å². The van der Waals surface area contributed by atoms with E-state index in [0.29, 0.717) is 0 Å². The molecule has 0 bridgehead atoms. The van der Waals surface area contributed by atoms with Crippen LogP contribution in [0.3, 0.4) is 0 Å². The number of hydrogen-bond donors (Lipinski definition) is 2. The summed E-state index contributed by atoms with van der Waals surface area (Å²) in [7, 11) is 1.71. The highest BCUT2D eigenvalue weighted by molar-refractivity contribution is 5.59. The fourth-order valence-corrected chi connectivity index (χ4v) is 2.13. The fraction of sp³-hybridized carbons (Fsp3) is 0.412. The highest BCUT2D eigenvalue weighted by Crippen LogP contribution is 2.18. The summed E-state index contributed by atoms with van der Waals surface area (Å²) in [5.41, 5.74) is 2.35. The van der Waals surface area contributed by atoms with E-state index in [-0.39, 0.29) is 0 Å². The molecule has 0 fully saturated rings. The van der Waals surface area contributed by atoms with Gasteiger partial charge in [-0.05, 0) is 37.5 Å². The standard InChI is InChI=1S/C17H24N4O/c1-4-14-6-8-15(9-7-14)21-17-12-16(19-13(2)20-17)18-10-5-11-22-3/h6-9,12H,4-5,10-11H2,1-3H3,(H2,18,19,20,21). The number of anilines is 3. The molecule has 0 saturated carbocycles. The molecule has 0 unspecified atom stereocenters. The maximum absolute atomic E-state index is 5.04. The average molecular weight is 300 g/mol. The Bertz CT molecular complexity index is 584. The number of ether oxygens (including phenoxy) is 1. The predicted octanol–water partition coefficient (Wildman–Crippen LogP) is 3.54. The summed E-state index contributed by atoms with van der Waals surface area (Å²) in [5, 5.41) is 6.62. The van der Waals surface area contributed by atoms with Gasteiger partial charge in [0.2, 0.25) is 0 Å². The van der Waals surface area contributed by atoms with Crippen molar-refractivity contribution >= 4 is 17.3 Å². The summed E-state index contributed by atoms with van der Waals surface area (Å²) < 4.78 is 5.04. The molecule has 1 heterocycles. The lowest BCUT2D eigenvalue weighted by Gasteiger charge is -2.10. The molecule has 1 aromatic heterocycles. The SMILES string of the molecule is CCc1ccc(Nc2cc(NCCCOC)nc(C)n2)cc1. The Labute approximate surface area is 132 Å². The van der Waals surface area contributed by atoms with Crippen molar-refractivity contribution in [2.75, 3.05) is 30.9 Å². The minimum Gasteiger partial charge on any atom is -0.385 e. The summed E-state index contributed by atoms with van der Waals surface area (Å²) >= 11 is 0. The monoisotopic (exact) mass is 300 g/mol. The van der Waals surface area contributed by atoms with Crippen molar-refractivity contribution in [1.29, 1.82) is 0 Å². The second-order valence-corrected chi connectivity index (χ2v) is 5.13. The van der Waals surface area contributed by atoms with Gasteiger partial charge in [-0.1, -0.05) is 19.1 Å². The van der Waals surface area contributed by atoms with E-state index in [4.69, 9.17) is 4.74 Å². The Morgan fingerprint density at radius 3 is 2.50 bits per heavy atom. The minimum absolute atomic E-state index is 0.740. The molecular weight excluding hydrogens is 276 g/mol. The van der Waals surface area contributed by atoms with Crippen molar-refractivity contribution in [2.24, 2.45) is 0 Å². The predicted molar refractivity (Wildman–Crippen MR) is 90.9 cm³/mol. The smallest absolute Gasteiger partial charge is 0.136 e. The number of hydrogen-bond acceptors (Lipinski definition) is 5. The second-order valence-electron chi connectivity index (χ2n) is 5.13. The molecule has 0 atom stereocenters. The van der Waals surface area contributed by atoms with Crippen LogP contribution in [0.25, 0.3) is 0 Å². The molecule has 2 rings (SSSR count). The van der Waals surface area contributed by atoms with Crippen LogP contribution in [-0.2, 0) is 11.2 Å². The van der Waals surface area contributed by atoms with Gasteiger partial charge in [0.1, 0.15) is 17.5 Å². The van der Waals surface area contributed by atoms with Crippen LogP contribution in [0.2, 0.25) is 0 Å². The Morgan fingerprint density at radius 1 is 1.09 bits per heavy atom. The van der Waals surface area contributed by atoms with Gasteiger partial charge in [0.25, 0.3) is 0 Å². The molecule has 118 valence electrons. The van der Waals surface area contributed by atoms with Crippen molar-refractivity contribution in [3.8, 4) is 0 Å². The largest absolute Gasteiger partial charge is 0.385 e. The van der Waals surface area contributed by atoms with Crippen LogP contribution >= 0.6 is 0 Å². The van der Waals surface area contributed by atoms with E-state index in [9.17, 15) is 0 Å². The highest BCUT2D eigenvalue weighted by Gasteiger charge is 2.02. The Kier molecular flexibility index (Phi) is 6.15. The van der Waals surface area contributed by atoms with E-state index in [0.717, 1.165) is 49.1 Å². The van der Waals surface area contributed by atoms with Gasteiger partial charge in [0, 0.05) is 32.0 Å². The summed E-state index contributed by atoms with van der Waals surface area (Å²) in [4.78, 5) is 8.83. The van der Waals surface area contributed by atoms with Gasteiger partial charge in [-0.25, -0.2) is 9.97 Å². The van der Waals surface area contributed by atoms with Gasteiger partial charge in [-0.3, -0.25) is 0 Å². The molecule has 2 aromatic rings. The molecule has 0 aliphatic carbocycles. The molecule has 0 amide bonds. The number of rotatable bonds is 8. The van der Waals surface area contributed by atoms with Crippen molar-refractivity contribution in [3.63, 3.8) is 0 Å². The van der Waals surface area contributed by atoms with Crippen LogP contribution in [0.5, 0.6) is 0 Å². The van der Waals surface area contributed by atoms with Gasteiger partial charge in [-0.15, -0.1) is 0 Å². The van der Waals surface area contributed by atoms with Crippen LogP contribution in [-0.4, -0.2) is 30.2 Å². The zero-order chi connectivity index (χ0) is 15.8. The second kappa shape index (κ2) is 8.34. The zero-order valence-electron chi connectivity index (χ0n) is 13.5. The first kappa shape index (κ1) is 16.2. The van der Waals surface area contributed by atoms with Crippen molar-refractivity contribution < 1.29 is 4.74 Å². The average Bonchev–Trinajstić information content (AvgIpc) is 2.52. The molecular formula is C17H24N4O. The molecule has 0 aliphatic heterocycles. The summed E-state index contributed by atoms with van der Waals surface area (Å²) in [6, 6.07) is 10.3. The summed E-state index contributed by atoms with van der Waals surface area (Å²) in [6.07, 6.45) is 1.99. The molecule has 5 heteroatoms. The van der Waals surface area contributed by atoms with Crippen molar-refractivity contribution in [2.45, 2.75) is 26.7 Å². The van der Waals surface area contributed by atoms with Crippen molar-refractivity contribution in [1.82, 2.24) is 9.97 Å². The Hall–Kier alpha value is -2.14. The normalized spacial score (nSPS) is 10.5. The molecule has 5 nitrogen and oxygen atoms in total. The molecule has 2 N–H and O–H groups in total. The number of benzene rings is 1. The first-order valence-corrected chi connectivity index (χ1v) is 7.65. The summed E-state index contributed by atoms with van der Waals surface area (Å²) in [5.74, 6) is 2.37. The van der Waals surface area contributed by atoms with Gasteiger partial charge in [0.05, 0.1) is 0 Å². The molecule has 0 radical (unpaired) electrons. The van der Waals surface area contributed by atoms with Gasteiger partial charge in [0.15, 0.2) is 0 Å². The van der Waals surface area contributed by atoms with Gasteiger partial charge in [-0.2, -0.15) is 0 Å². The van der Waals surface area contributed by atoms with Crippen molar-refractivity contribution in [3.05, 3.63) is 41.7 Å². The van der Waals surface area contributed by atoms with Gasteiger partial charge >= 0.3 is 0 Å². The maximum atomic E-state index is 5.04. The fourth-order valence-electron chi connectivity index (χ4n) is 2.13. The summed E-state index contributed by atoms with van der Waals surface area (Å²) in [6.45, 7) is 5.62. The third-order valence-electron chi connectivity index (χ3n) is 3.30. The van der Waals surface area contributed by atoms with E-state index in [1.807, 2.05) is 13.0 Å². The third kappa shape index (κ3) is 5.00. The molecule has 0 spiro atoms. The lowest BCUT2D eigenvalue weighted by Crippen LogP contribution is -2.08. The lowest BCUT2D eigenvalue weighted by molar-refractivity contribution is 0.198. The minimum atomic E-state index is 0.740. The number of nitrogens with zero attached hydrogens (tertiary/aromatic N) is 2. The topological polar surface area (TPSA) is 59.1 Å². The van der Waals surface area contributed by atoms with E-state index in [1.165, 1.54) is 5.56 Å². The highest BCUT2D eigenvalue weighted by atomic mass is 16.5. The first-order valence-electron chi connectivity index (χ1n) is 7.65. The molecule has 0 aliphatic rings. The number of aromatic nitrogens is 2. The molecule has 0 saturated heterocycles. The number of nitrogens with one attached hydrogen (secondary N) is 2. The van der Waals surface area contributed by atoms with Crippen LogP contribution < -0.4 is 10.6 Å². The number of methoxy groups -OCH3 is 1. The lowest BCUT2D eigenvalue weighted by atomic mass is 10.1. The zero-order valence-corrected chi connectivity index (χ0v) is 13.5. The molecule has 22 heavy (non-hydrogen) atoms. The van der Waals surface area contributed by atoms with Crippen LogP contribution in [0.4, 0.5) is 17.3 Å².